The Bertz CT molecular complexity index is 1300. The number of aromatic nitrogens is 3. The molecule has 4 heterocycles. The highest BCUT2D eigenvalue weighted by Crippen LogP contribution is 2.38. The first-order valence-electron chi connectivity index (χ1n) is 9.80. The first-order valence-corrected chi connectivity index (χ1v) is 10.2. The van der Waals surface area contributed by atoms with Gasteiger partial charge in [-0.05, 0) is 25.1 Å². The second kappa shape index (κ2) is 7.63. The molecule has 0 radical (unpaired) electrons. The molecule has 0 saturated carbocycles. The molecule has 1 amide bonds. The zero-order valence-electron chi connectivity index (χ0n) is 16.9. The normalized spacial score (nSPS) is 13.3. The van der Waals surface area contributed by atoms with Gasteiger partial charge in [-0.2, -0.15) is 5.10 Å². The minimum Gasteiger partial charge on any atom is -0.490 e. The minimum absolute atomic E-state index is 0.340. The number of nitrogens with one attached hydrogen (secondary N) is 1. The molecule has 1 aromatic carbocycles. The third-order valence-corrected chi connectivity index (χ3v) is 5.39. The number of rotatable bonds is 3. The second-order valence-electron chi connectivity index (χ2n) is 7.22. The van der Waals surface area contributed by atoms with Crippen molar-refractivity contribution >= 4 is 34.2 Å². The molecule has 0 fully saturated rings. The Hall–Kier alpha value is -3.52. The molecule has 1 N–H and O–H groups in total. The number of fused-ring (bicyclic) bond motifs is 2. The van der Waals surface area contributed by atoms with Crippen molar-refractivity contribution in [1.82, 2.24) is 14.8 Å². The van der Waals surface area contributed by atoms with Gasteiger partial charge in [-0.3, -0.25) is 9.48 Å². The van der Waals surface area contributed by atoms with Gasteiger partial charge in [0.1, 0.15) is 5.69 Å². The number of ether oxygens (including phenoxy) is 2. The summed E-state index contributed by atoms with van der Waals surface area (Å²) in [5.41, 5.74) is 2.68. The van der Waals surface area contributed by atoms with E-state index in [4.69, 9.17) is 25.5 Å². The Labute approximate surface area is 182 Å². The van der Waals surface area contributed by atoms with E-state index in [9.17, 15) is 4.79 Å². The summed E-state index contributed by atoms with van der Waals surface area (Å²) in [5, 5.41) is 8.35. The van der Waals surface area contributed by atoms with Crippen LogP contribution in [0.4, 0.5) is 5.69 Å². The van der Waals surface area contributed by atoms with Gasteiger partial charge < -0.3 is 19.2 Å². The number of hydrogen-bond donors (Lipinski definition) is 1. The molecule has 3 aromatic heterocycles. The molecule has 4 aromatic rings. The van der Waals surface area contributed by atoms with Crippen LogP contribution in [0.3, 0.4) is 0 Å². The molecule has 8 nitrogen and oxygen atoms in total. The smallest absolute Gasteiger partial charge is 0.256 e. The van der Waals surface area contributed by atoms with Crippen LogP contribution in [-0.2, 0) is 7.05 Å². The second-order valence-corrected chi connectivity index (χ2v) is 7.63. The molecule has 1 aliphatic rings. The van der Waals surface area contributed by atoms with E-state index in [0.717, 1.165) is 6.42 Å². The van der Waals surface area contributed by atoms with Crippen LogP contribution in [0.5, 0.6) is 11.5 Å². The Morgan fingerprint density at radius 2 is 1.97 bits per heavy atom. The van der Waals surface area contributed by atoms with Crippen molar-refractivity contribution < 1.29 is 18.7 Å². The van der Waals surface area contributed by atoms with Crippen LogP contribution < -0.4 is 14.8 Å². The highest BCUT2D eigenvalue weighted by atomic mass is 35.5. The average Bonchev–Trinajstić information content (AvgIpc) is 3.32. The van der Waals surface area contributed by atoms with Gasteiger partial charge in [0, 0.05) is 25.6 Å². The van der Waals surface area contributed by atoms with Gasteiger partial charge in [0.2, 0.25) is 0 Å². The highest BCUT2D eigenvalue weighted by Gasteiger charge is 2.22. The number of halogens is 1. The predicted octanol–water partition coefficient (Wildman–Crippen LogP) is 4.60. The van der Waals surface area contributed by atoms with E-state index >= 15 is 0 Å². The zero-order chi connectivity index (χ0) is 21.5. The van der Waals surface area contributed by atoms with Crippen molar-refractivity contribution in [3.8, 4) is 23.0 Å². The number of anilines is 1. The van der Waals surface area contributed by atoms with Crippen LogP contribution in [0, 0.1) is 6.92 Å². The monoisotopic (exact) mass is 438 g/mol. The van der Waals surface area contributed by atoms with E-state index < -0.39 is 0 Å². The molecule has 0 atom stereocenters. The van der Waals surface area contributed by atoms with E-state index in [0.29, 0.717) is 69.2 Å². The fourth-order valence-corrected chi connectivity index (χ4v) is 3.84. The number of aryl methyl sites for hydroxylation is 2. The number of benzene rings is 1. The number of amides is 1. The Morgan fingerprint density at radius 3 is 2.71 bits per heavy atom. The molecule has 158 valence electrons. The predicted molar refractivity (Wildman–Crippen MR) is 116 cm³/mol. The molecule has 1 aliphatic heterocycles. The number of hydrogen-bond acceptors (Lipinski definition) is 6. The fourth-order valence-electron chi connectivity index (χ4n) is 3.64. The summed E-state index contributed by atoms with van der Waals surface area (Å²) in [7, 11) is 1.79. The molecule has 0 bridgehead atoms. The summed E-state index contributed by atoms with van der Waals surface area (Å²) in [4.78, 5) is 18.0. The molecular formula is C22H19ClN4O4. The van der Waals surface area contributed by atoms with Crippen LogP contribution in [0.2, 0.25) is 5.02 Å². The Morgan fingerprint density at radius 1 is 1.19 bits per heavy atom. The third kappa shape index (κ3) is 3.48. The van der Waals surface area contributed by atoms with Gasteiger partial charge in [0.05, 0.1) is 46.8 Å². The molecule has 31 heavy (non-hydrogen) atoms. The number of furan rings is 1. The lowest BCUT2D eigenvalue weighted by Gasteiger charge is -2.13. The third-order valence-electron chi connectivity index (χ3n) is 5.07. The largest absolute Gasteiger partial charge is 0.490 e. The maximum atomic E-state index is 13.4. The molecule has 9 heteroatoms. The van der Waals surface area contributed by atoms with Gasteiger partial charge in [0.25, 0.3) is 5.91 Å². The van der Waals surface area contributed by atoms with Crippen molar-refractivity contribution in [1.29, 1.82) is 0 Å². The quantitative estimate of drug-likeness (QED) is 0.502. The number of nitrogens with zero attached hydrogens (tertiary/aromatic N) is 3. The lowest BCUT2D eigenvalue weighted by Crippen LogP contribution is -2.14. The molecule has 0 aliphatic carbocycles. The molecule has 0 spiro atoms. The first-order chi connectivity index (χ1) is 15.0. The average molecular weight is 439 g/mol. The van der Waals surface area contributed by atoms with Gasteiger partial charge >= 0.3 is 0 Å². The van der Waals surface area contributed by atoms with E-state index in [2.05, 4.69) is 15.4 Å². The number of carbonyl (C=O) groups is 1. The summed E-state index contributed by atoms with van der Waals surface area (Å²) in [6.07, 6.45) is 2.34. The summed E-state index contributed by atoms with van der Waals surface area (Å²) in [6.45, 7) is 2.93. The van der Waals surface area contributed by atoms with Crippen molar-refractivity contribution in [2.45, 2.75) is 13.3 Å². The molecule has 5 rings (SSSR count). The maximum Gasteiger partial charge on any atom is 0.256 e. The van der Waals surface area contributed by atoms with E-state index in [-0.39, 0.29) is 5.91 Å². The van der Waals surface area contributed by atoms with Crippen LogP contribution in [0.15, 0.2) is 41.0 Å². The van der Waals surface area contributed by atoms with Crippen LogP contribution in [-0.4, -0.2) is 33.9 Å². The topological polar surface area (TPSA) is 91.4 Å². The van der Waals surface area contributed by atoms with Crippen LogP contribution >= 0.6 is 11.6 Å². The van der Waals surface area contributed by atoms with Gasteiger partial charge in [0.15, 0.2) is 22.9 Å². The van der Waals surface area contributed by atoms with E-state index in [1.807, 2.05) is 6.92 Å². The summed E-state index contributed by atoms with van der Waals surface area (Å²) in [6, 6.07) is 8.60. The lowest BCUT2D eigenvalue weighted by molar-refractivity contribution is 0.102. The zero-order valence-corrected chi connectivity index (χ0v) is 17.7. The van der Waals surface area contributed by atoms with Gasteiger partial charge in [-0.1, -0.05) is 11.6 Å². The SMILES string of the molecule is Cc1nn(C)c2nc(-c3ccco3)cc(C(=O)Nc3cc4c(cc3Cl)OCCCO4)c12. The first kappa shape index (κ1) is 19.4. The maximum absolute atomic E-state index is 13.4. The molecule has 0 saturated heterocycles. The highest BCUT2D eigenvalue weighted by molar-refractivity contribution is 6.34. The molecular weight excluding hydrogens is 420 g/mol. The Balaban J connectivity index is 1.58. The number of carbonyl (C=O) groups excluding carboxylic acids is 1. The van der Waals surface area contributed by atoms with Crippen LogP contribution in [0.1, 0.15) is 22.5 Å². The molecule has 0 unspecified atom stereocenters. The van der Waals surface area contributed by atoms with E-state index in [1.54, 1.807) is 48.3 Å². The van der Waals surface area contributed by atoms with Crippen molar-refractivity contribution in [2.24, 2.45) is 7.05 Å². The van der Waals surface area contributed by atoms with Gasteiger partial charge in [-0.15, -0.1) is 0 Å². The summed E-state index contributed by atoms with van der Waals surface area (Å²) >= 11 is 6.42. The van der Waals surface area contributed by atoms with Crippen LogP contribution in [0.25, 0.3) is 22.5 Å². The van der Waals surface area contributed by atoms with E-state index in [1.165, 1.54) is 0 Å². The Kier molecular flexibility index (Phi) is 4.78. The van der Waals surface area contributed by atoms with Crippen molar-refractivity contribution in [2.75, 3.05) is 18.5 Å². The number of pyridine rings is 1. The standard InChI is InChI=1S/C22H19ClN4O4/c1-12-20-13(9-16(17-5-3-6-29-17)24-21(20)27(2)26-12)22(28)25-15-11-19-18(10-14(15)23)30-7-4-8-31-19/h3,5-6,9-11H,4,7-8H2,1-2H3,(H,25,28). The van der Waals surface area contributed by atoms with Gasteiger partial charge in [-0.25, -0.2) is 4.98 Å². The fraction of sp³-hybridized carbons (Fsp3) is 0.227. The summed E-state index contributed by atoms with van der Waals surface area (Å²) in [5.74, 6) is 1.33. The minimum atomic E-state index is -0.340. The van der Waals surface area contributed by atoms with Crippen molar-refractivity contribution in [3.05, 3.63) is 52.9 Å². The summed E-state index contributed by atoms with van der Waals surface area (Å²) < 4.78 is 18.5. The lowest BCUT2D eigenvalue weighted by atomic mass is 10.1. The van der Waals surface area contributed by atoms with Crippen molar-refractivity contribution in [3.63, 3.8) is 0 Å².